The number of hydrogen-bond donors (Lipinski definition) is 0. The minimum atomic E-state index is -3.88. The summed E-state index contributed by atoms with van der Waals surface area (Å²) in [5, 5.41) is 10.7. The molecule has 28 heavy (non-hydrogen) atoms. The van der Waals surface area contributed by atoms with Crippen LogP contribution < -0.4 is 0 Å². The Morgan fingerprint density at radius 1 is 1.00 bits per heavy atom. The second-order valence-electron chi connectivity index (χ2n) is 6.07. The first-order valence-corrected chi connectivity index (χ1v) is 9.63. The molecule has 0 unspecified atom stereocenters. The topological polar surface area (TPSA) is 101 Å². The Labute approximate surface area is 159 Å². The first kappa shape index (κ1) is 19.8. The summed E-state index contributed by atoms with van der Waals surface area (Å²) in [7, 11) is -3.88. The van der Waals surface area contributed by atoms with Crippen LogP contribution in [-0.4, -0.2) is 54.6 Å². The smallest absolute Gasteiger partial charge is 0.269 e. The summed E-state index contributed by atoms with van der Waals surface area (Å²) in [5.41, 5.74) is -0.510. The van der Waals surface area contributed by atoms with E-state index >= 15 is 0 Å². The Bertz CT molecular complexity index is 1020. The predicted octanol–water partition coefficient (Wildman–Crippen LogP) is 2.02. The lowest BCUT2D eigenvalue weighted by Gasteiger charge is -2.34. The van der Waals surface area contributed by atoms with Gasteiger partial charge >= 0.3 is 0 Å². The Hall–Kier alpha value is -2.92. The normalized spacial score (nSPS) is 15.4. The molecule has 1 heterocycles. The van der Waals surface area contributed by atoms with Crippen molar-refractivity contribution in [2.45, 2.75) is 4.90 Å². The number of rotatable bonds is 4. The van der Waals surface area contributed by atoms with E-state index in [1.54, 1.807) is 0 Å². The van der Waals surface area contributed by atoms with Crippen molar-refractivity contribution < 1.29 is 26.9 Å². The van der Waals surface area contributed by atoms with E-state index in [0.717, 1.165) is 40.7 Å². The second-order valence-corrected chi connectivity index (χ2v) is 8.01. The highest BCUT2D eigenvalue weighted by Gasteiger charge is 2.31. The van der Waals surface area contributed by atoms with Gasteiger partial charge in [-0.15, -0.1) is 0 Å². The largest absolute Gasteiger partial charge is 0.336 e. The third-order valence-electron chi connectivity index (χ3n) is 4.37. The Morgan fingerprint density at radius 2 is 1.61 bits per heavy atom. The Morgan fingerprint density at radius 3 is 2.14 bits per heavy atom. The maximum absolute atomic E-state index is 13.8. The molecule has 0 bridgehead atoms. The zero-order chi connectivity index (χ0) is 20.5. The van der Waals surface area contributed by atoms with Crippen LogP contribution in [0.5, 0.6) is 0 Å². The van der Waals surface area contributed by atoms with Crippen molar-refractivity contribution in [2.24, 2.45) is 0 Å². The fourth-order valence-electron chi connectivity index (χ4n) is 2.85. The maximum atomic E-state index is 13.8. The van der Waals surface area contributed by atoms with Crippen molar-refractivity contribution in [3.8, 4) is 0 Å². The minimum Gasteiger partial charge on any atom is -0.336 e. The van der Waals surface area contributed by atoms with E-state index < -0.39 is 32.5 Å². The van der Waals surface area contributed by atoms with Gasteiger partial charge in [0.2, 0.25) is 10.0 Å². The number of non-ortho nitro benzene ring substituents is 1. The molecule has 1 aliphatic heterocycles. The molecule has 0 aromatic heterocycles. The van der Waals surface area contributed by atoms with Gasteiger partial charge in [-0.1, -0.05) is 0 Å². The summed E-state index contributed by atoms with van der Waals surface area (Å²) >= 11 is 0. The van der Waals surface area contributed by atoms with Gasteiger partial charge in [0.1, 0.15) is 11.6 Å². The summed E-state index contributed by atoms with van der Waals surface area (Å²) in [4.78, 5) is 23.6. The summed E-state index contributed by atoms with van der Waals surface area (Å²) in [5.74, 6) is -2.43. The number of piperazine rings is 1. The molecule has 2 aromatic rings. The zero-order valence-electron chi connectivity index (χ0n) is 14.4. The summed E-state index contributed by atoms with van der Waals surface area (Å²) in [6.07, 6.45) is 0. The van der Waals surface area contributed by atoms with Crippen molar-refractivity contribution in [1.29, 1.82) is 0 Å². The Balaban J connectivity index is 1.70. The maximum Gasteiger partial charge on any atom is 0.269 e. The molecule has 0 N–H and O–H groups in total. The third kappa shape index (κ3) is 3.85. The van der Waals surface area contributed by atoms with Gasteiger partial charge < -0.3 is 4.90 Å². The van der Waals surface area contributed by atoms with E-state index in [0.29, 0.717) is 6.07 Å². The molecule has 1 saturated heterocycles. The van der Waals surface area contributed by atoms with Crippen LogP contribution in [0.4, 0.5) is 14.5 Å². The number of benzene rings is 2. The average Bonchev–Trinajstić information content (AvgIpc) is 2.67. The molecule has 8 nitrogen and oxygen atoms in total. The van der Waals surface area contributed by atoms with Crippen molar-refractivity contribution in [3.05, 3.63) is 69.8 Å². The first-order chi connectivity index (χ1) is 13.2. The van der Waals surface area contributed by atoms with Crippen molar-refractivity contribution in [1.82, 2.24) is 9.21 Å². The van der Waals surface area contributed by atoms with E-state index in [2.05, 4.69) is 0 Å². The third-order valence-corrected chi connectivity index (χ3v) is 6.29. The van der Waals surface area contributed by atoms with Crippen molar-refractivity contribution in [2.75, 3.05) is 26.2 Å². The van der Waals surface area contributed by atoms with Gasteiger partial charge in [-0.05, 0) is 24.3 Å². The molecule has 0 atom stereocenters. The van der Waals surface area contributed by atoms with E-state index in [4.69, 9.17) is 0 Å². The molecule has 0 saturated carbocycles. The quantitative estimate of drug-likeness (QED) is 0.566. The van der Waals surface area contributed by atoms with E-state index in [9.17, 15) is 32.1 Å². The number of sulfonamides is 1. The molecule has 2 aromatic carbocycles. The van der Waals surface area contributed by atoms with E-state index in [1.165, 1.54) is 4.90 Å². The number of carbonyl (C=O) groups excluding carboxylic acids is 1. The van der Waals surface area contributed by atoms with E-state index in [1.807, 2.05) is 0 Å². The molecule has 0 aliphatic carbocycles. The number of amides is 1. The number of hydrogen-bond acceptors (Lipinski definition) is 5. The van der Waals surface area contributed by atoms with Gasteiger partial charge in [0.15, 0.2) is 0 Å². The highest BCUT2D eigenvalue weighted by atomic mass is 32.2. The van der Waals surface area contributed by atoms with Crippen LogP contribution in [0.15, 0.2) is 47.4 Å². The van der Waals surface area contributed by atoms with Gasteiger partial charge in [-0.25, -0.2) is 17.2 Å². The fourth-order valence-corrected chi connectivity index (χ4v) is 4.28. The Kier molecular flexibility index (Phi) is 5.38. The molecular weight excluding hydrogens is 396 g/mol. The van der Waals surface area contributed by atoms with Gasteiger partial charge in [0.05, 0.1) is 15.4 Å². The number of nitrogens with zero attached hydrogens (tertiary/aromatic N) is 3. The molecule has 1 amide bonds. The van der Waals surface area contributed by atoms with E-state index in [-0.39, 0.29) is 42.3 Å². The standard InChI is InChI=1S/C17H15F2N3O5S/c18-12-1-6-15(16(19)11-12)17(23)20-7-9-21(10-8-20)28(26,27)14-4-2-13(3-5-14)22(24)25/h1-6,11H,7-10H2. The highest BCUT2D eigenvalue weighted by Crippen LogP contribution is 2.21. The molecule has 11 heteroatoms. The second kappa shape index (κ2) is 7.60. The van der Waals surface area contributed by atoms with Crippen molar-refractivity contribution in [3.63, 3.8) is 0 Å². The summed E-state index contributed by atoms with van der Waals surface area (Å²) < 4.78 is 53.2. The van der Waals surface area contributed by atoms with Crippen LogP contribution in [0, 0.1) is 21.7 Å². The van der Waals surface area contributed by atoms with Crippen LogP contribution in [0.25, 0.3) is 0 Å². The SMILES string of the molecule is O=C(c1ccc(F)cc1F)N1CCN(S(=O)(=O)c2ccc([N+](=O)[O-])cc2)CC1. The lowest BCUT2D eigenvalue weighted by atomic mass is 10.1. The first-order valence-electron chi connectivity index (χ1n) is 8.19. The molecule has 148 valence electrons. The predicted molar refractivity (Wildman–Crippen MR) is 94.1 cm³/mol. The molecule has 3 rings (SSSR count). The number of carbonyl (C=O) groups is 1. The number of halogens is 2. The average molecular weight is 411 g/mol. The minimum absolute atomic E-state index is 0.0200. The molecule has 0 radical (unpaired) electrons. The molecular formula is C17H15F2N3O5S. The van der Waals surface area contributed by atoms with Crippen molar-refractivity contribution >= 4 is 21.6 Å². The van der Waals surface area contributed by atoms with Gasteiger partial charge in [-0.3, -0.25) is 14.9 Å². The zero-order valence-corrected chi connectivity index (χ0v) is 15.2. The lowest BCUT2D eigenvalue weighted by Crippen LogP contribution is -2.50. The van der Waals surface area contributed by atoms with Gasteiger partial charge in [0, 0.05) is 44.4 Å². The number of nitro groups is 1. The fraction of sp³-hybridized carbons (Fsp3) is 0.235. The van der Waals surface area contributed by atoms with Crippen LogP contribution >= 0.6 is 0 Å². The van der Waals surface area contributed by atoms with Crippen LogP contribution in [-0.2, 0) is 10.0 Å². The summed E-state index contributed by atoms with van der Waals surface area (Å²) in [6.45, 7) is 0.0193. The van der Waals surface area contributed by atoms with Crippen LogP contribution in [0.2, 0.25) is 0 Å². The highest BCUT2D eigenvalue weighted by molar-refractivity contribution is 7.89. The monoisotopic (exact) mass is 411 g/mol. The molecule has 1 aliphatic rings. The van der Waals surface area contributed by atoms with Crippen LogP contribution in [0.1, 0.15) is 10.4 Å². The van der Waals surface area contributed by atoms with Gasteiger partial charge in [-0.2, -0.15) is 4.31 Å². The van der Waals surface area contributed by atoms with Crippen LogP contribution in [0.3, 0.4) is 0 Å². The number of nitro benzene ring substituents is 1. The lowest BCUT2D eigenvalue weighted by molar-refractivity contribution is -0.384. The van der Waals surface area contributed by atoms with Gasteiger partial charge in [0.25, 0.3) is 11.6 Å². The molecule has 1 fully saturated rings. The molecule has 0 spiro atoms. The summed E-state index contributed by atoms with van der Waals surface area (Å²) in [6, 6.07) is 7.15.